The first-order chi connectivity index (χ1) is 17.7. The zero-order chi connectivity index (χ0) is 25.0. The van der Waals surface area contributed by atoms with Crippen LogP contribution in [0.2, 0.25) is 5.02 Å². The summed E-state index contributed by atoms with van der Waals surface area (Å²) in [5.41, 5.74) is 4.11. The summed E-state index contributed by atoms with van der Waals surface area (Å²) >= 11 is 6.06. The molecule has 0 aliphatic carbocycles. The van der Waals surface area contributed by atoms with Gasteiger partial charge in [-0.25, -0.2) is 0 Å². The Labute approximate surface area is 223 Å². The number of rotatable bonds is 13. The summed E-state index contributed by atoms with van der Waals surface area (Å²) in [5, 5.41) is 0.733. The normalized spacial score (nSPS) is 16.3. The van der Waals surface area contributed by atoms with Crippen LogP contribution in [0.4, 0.5) is 5.69 Å². The third-order valence-corrected chi connectivity index (χ3v) is 7.41. The second-order valence-corrected chi connectivity index (χ2v) is 10.5. The summed E-state index contributed by atoms with van der Waals surface area (Å²) in [6.45, 7) is 6.92. The van der Waals surface area contributed by atoms with Crippen LogP contribution < -0.4 is 9.64 Å². The van der Waals surface area contributed by atoms with Crippen molar-refractivity contribution < 1.29 is 4.74 Å². The molecule has 192 valence electrons. The summed E-state index contributed by atoms with van der Waals surface area (Å²) in [5.74, 6) is 0.869. The molecule has 0 N–H and O–H groups in total. The smallest absolute Gasteiger partial charge is 0.119 e. The number of nitrogens with zero attached hydrogens (tertiary/aromatic N) is 2. The molecule has 4 rings (SSSR count). The topological polar surface area (TPSA) is 15.7 Å². The van der Waals surface area contributed by atoms with Crippen LogP contribution in [0.1, 0.15) is 56.6 Å². The van der Waals surface area contributed by atoms with Gasteiger partial charge in [0.2, 0.25) is 0 Å². The Morgan fingerprint density at radius 2 is 1.50 bits per heavy atom. The van der Waals surface area contributed by atoms with Crippen LogP contribution in [0, 0.1) is 0 Å². The molecular formula is C32H41ClN2O. The molecule has 0 saturated carbocycles. The number of ether oxygens (including phenoxy) is 1. The molecule has 1 saturated heterocycles. The Morgan fingerprint density at radius 1 is 0.778 bits per heavy atom. The number of anilines is 1. The number of hydrogen-bond acceptors (Lipinski definition) is 3. The second-order valence-electron chi connectivity index (χ2n) is 10.0. The molecule has 1 aliphatic heterocycles. The zero-order valence-corrected chi connectivity index (χ0v) is 22.5. The van der Waals surface area contributed by atoms with Crippen molar-refractivity contribution in [2.24, 2.45) is 0 Å². The lowest BCUT2D eigenvalue weighted by molar-refractivity contribution is 0.174. The molecule has 4 heteroatoms. The lowest BCUT2D eigenvalue weighted by Gasteiger charge is -2.42. The Morgan fingerprint density at radius 3 is 2.25 bits per heavy atom. The third-order valence-electron chi connectivity index (χ3n) is 7.16. The number of piperazine rings is 1. The van der Waals surface area contributed by atoms with Gasteiger partial charge in [0.1, 0.15) is 12.4 Å². The van der Waals surface area contributed by atoms with E-state index in [0.29, 0.717) is 6.61 Å². The molecule has 0 spiro atoms. The van der Waals surface area contributed by atoms with Crippen molar-refractivity contribution in [1.82, 2.24) is 4.90 Å². The van der Waals surface area contributed by atoms with Gasteiger partial charge in [0.25, 0.3) is 0 Å². The molecule has 3 aromatic carbocycles. The summed E-state index contributed by atoms with van der Waals surface area (Å²) in [7, 11) is 0. The van der Waals surface area contributed by atoms with Gasteiger partial charge in [0, 0.05) is 36.9 Å². The molecule has 0 bridgehead atoms. The van der Waals surface area contributed by atoms with E-state index in [1.165, 1.54) is 61.8 Å². The first kappa shape index (κ1) is 26.6. The van der Waals surface area contributed by atoms with Crippen molar-refractivity contribution in [2.75, 3.05) is 31.1 Å². The molecule has 1 heterocycles. The van der Waals surface area contributed by atoms with Crippen LogP contribution in [0.15, 0.2) is 78.9 Å². The van der Waals surface area contributed by atoms with E-state index < -0.39 is 0 Å². The predicted molar refractivity (Wildman–Crippen MR) is 153 cm³/mol. The molecule has 36 heavy (non-hydrogen) atoms. The van der Waals surface area contributed by atoms with Crippen molar-refractivity contribution in [1.29, 1.82) is 0 Å². The highest BCUT2D eigenvalue weighted by molar-refractivity contribution is 6.30. The summed E-state index contributed by atoms with van der Waals surface area (Å²) in [4.78, 5) is 5.08. The van der Waals surface area contributed by atoms with E-state index in [2.05, 4.69) is 71.3 Å². The lowest BCUT2D eigenvalue weighted by atomic mass is 10.0. The van der Waals surface area contributed by atoms with Gasteiger partial charge in [-0.3, -0.25) is 4.90 Å². The average Bonchev–Trinajstić information content (AvgIpc) is 2.91. The van der Waals surface area contributed by atoms with Crippen LogP contribution in [0.3, 0.4) is 0 Å². The number of unbranched alkanes of at least 4 members (excludes halogenated alkanes) is 5. The highest BCUT2D eigenvalue weighted by Crippen LogP contribution is 2.24. The minimum Gasteiger partial charge on any atom is -0.491 e. The minimum absolute atomic E-state index is 0.280. The van der Waals surface area contributed by atoms with Gasteiger partial charge in [-0.05, 0) is 60.4 Å². The monoisotopic (exact) mass is 504 g/mol. The molecule has 0 amide bonds. The Balaban J connectivity index is 1.37. The van der Waals surface area contributed by atoms with E-state index in [1.807, 2.05) is 24.3 Å². The number of hydrogen-bond donors (Lipinski definition) is 0. The van der Waals surface area contributed by atoms with E-state index in [0.717, 1.165) is 37.0 Å². The Hall–Kier alpha value is -2.49. The molecule has 1 unspecified atom stereocenters. The zero-order valence-electron chi connectivity index (χ0n) is 21.7. The van der Waals surface area contributed by atoms with Crippen molar-refractivity contribution in [3.63, 3.8) is 0 Å². The van der Waals surface area contributed by atoms with E-state index in [4.69, 9.17) is 16.3 Å². The SMILES string of the molecule is CCCCCCCCc1ccc(N2CCN(Cc3ccccc3)CC2COc2ccc(Cl)cc2)cc1. The largest absolute Gasteiger partial charge is 0.491 e. The van der Waals surface area contributed by atoms with Gasteiger partial charge in [0.05, 0.1) is 6.04 Å². The van der Waals surface area contributed by atoms with Gasteiger partial charge in [0.15, 0.2) is 0 Å². The third kappa shape index (κ3) is 8.28. The van der Waals surface area contributed by atoms with Crippen LogP contribution in [0.5, 0.6) is 5.75 Å². The maximum Gasteiger partial charge on any atom is 0.119 e. The highest BCUT2D eigenvalue weighted by Gasteiger charge is 2.28. The summed E-state index contributed by atoms with van der Waals surface area (Å²) in [6, 6.07) is 28.0. The molecular weight excluding hydrogens is 464 g/mol. The maximum atomic E-state index is 6.24. The molecule has 1 atom stereocenters. The fourth-order valence-electron chi connectivity index (χ4n) is 5.07. The van der Waals surface area contributed by atoms with Gasteiger partial charge in [-0.2, -0.15) is 0 Å². The van der Waals surface area contributed by atoms with Gasteiger partial charge >= 0.3 is 0 Å². The molecule has 1 fully saturated rings. The molecule has 0 aromatic heterocycles. The number of halogens is 1. The second kappa shape index (κ2) is 14.3. The van der Waals surface area contributed by atoms with Crippen LogP contribution in [-0.4, -0.2) is 37.2 Å². The molecule has 1 aliphatic rings. The lowest BCUT2D eigenvalue weighted by Crippen LogP contribution is -2.55. The van der Waals surface area contributed by atoms with Crippen LogP contribution in [0.25, 0.3) is 0 Å². The van der Waals surface area contributed by atoms with E-state index in [-0.39, 0.29) is 6.04 Å². The Kier molecular flexibility index (Phi) is 10.6. The van der Waals surface area contributed by atoms with Crippen molar-refractivity contribution >= 4 is 17.3 Å². The fourth-order valence-corrected chi connectivity index (χ4v) is 5.20. The van der Waals surface area contributed by atoms with Gasteiger partial charge in [-0.15, -0.1) is 0 Å². The van der Waals surface area contributed by atoms with E-state index >= 15 is 0 Å². The average molecular weight is 505 g/mol. The predicted octanol–water partition coefficient (Wildman–Crippen LogP) is 8.01. The minimum atomic E-state index is 0.280. The fraction of sp³-hybridized carbons (Fsp3) is 0.438. The Bertz CT molecular complexity index is 1010. The quantitative estimate of drug-likeness (QED) is 0.219. The first-order valence-electron chi connectivity index (χ1n) is 13.7. The number of aryl methyl sites for hydroxylation is 1. The first-order valence-corrected chi connectivity index (χ1v) is 14.1. The van der Waals surface area contributed by atoms with E-state index in [9.17, 15) is 0 Å². The van der Waals surface area contributed by atoms with Gasteiger partial charge in [-0.1, -0.05) is 93.1 Å². The van der Waals surface area contributed by atoms with Crippen LogP contribution >= 0.6 is 11.6 Å². The molecule has 3 nitrogen and oxygen atoms in total. The van der Waals surface area contributed by atoms with Crippen molar-refractivity contribution in [3.8, 4) is 5.75 Å². The van der Waals surface area contributed by atoms with Crippen molar-refractivity contribution in [3.05, 3.63) is 95.0 Å². The molecule has 0 radical (unpaired) electrons. The van der Waals surface area contributed by atoms with E-state index in [1.54, 1.807) is 0 Å². The maximum absolute atomic E-state index is 6.24. The summed E-state index contributed by atoms with van der Waals surface area (Å²) < 4.78 is 6.24. The summed E-state index contributed by atoms with van der Waals surface area (Å²) in [6.07, 6.45) is 9.25. The van der Waals surface area contributed by atoms with Crippen LogP contribution in [-0.2, 0) is 13.0 Å². The molecule has 3 aromatic rings. The standard InChI is InChI=1S/C32H41ClN2O/c1-2-3-4-5-6-8-11-27-14-18-30(19-15-27)35-23-22-34(24-28-12-9-7-10-13-28)25-31(35)26-36-32-20-16-29(33)17-21-32/h7,9-10,12-21,31H,2-6,8,11,22-26H2,1H3. The highest BCUT2D eigenvalue weighted by atomic mass is 35.5. The van der Waals surface area contributed by atoms with Gasteiger partial charge < -0.3 is 9.64 Å². The number of benzene rings is 3. The van der Waals surface area contributed by atoms with Crippen molar-refractivity contribution in [2.45, 2.75) is 64.5 Å².